The minimum Gasteiger partial charge on any atom is -0.497 e. The lowest BCUT2D eigenvalue weighted by Gasteiger charge is -2.22. The van der Waals surface area contributed by atoms with E-state index >= 15 is 0 Å². The molecule has 172 valence electrons. The molecule has 7 nitrogen and oxygen atoms in total. The predicted octanol–water partition coefficient (Wildman–Crippen LogP) is 3.12. The van der Waals surface area contributed by atoms with E-state index in [1.807, 2.05) is 6.92 Å². The Morgan fingerprint density at radius 1 is 0.970 bits per heavy atom. The summed E-state index contributed by atoms with van der Waals surface area (Å²) in [6.07, 6.45) is -0.390. The SMILES string of the molecule is CCc1ccc(S(=O)(=O)N[C@H]2c3ccccc3C(NC(=O)c3cccc(OC)c3)[C@@H]2O)cc1. The van der Waals surface area contributed by atoms with Gasteiger partial charge in [-0.15, -0.1) is 0 Å². The van der Waals surface area contributed by atoms with Gasteiger partial charge in [0.2, 0.25) is 10.0 Å². The van der Waals surface area contributed by atoms with Crippen LogP contribution in [0, 0.1) is 0 Å². The summed E-state index contributed by atoms with van der Waals surface area (Å²) < 4.78 is 33.9. The lowest BCUT2D eigenvalue weighted by Crippen LogP contribution is -2.40. The molecule has 3 aromatic rings. The van der Waals surface area contributed by atoms with Gasteiger partial charge in [-0.2, -0.15) is 0 Å². The summed E-state index contributed by atoms with van der Waals surface area (Å²) in [7, 11) is -2.38. The van der Waals surface area contributed by atoms with Crippen molar-refractivity contribution in [3.05, 3.63) is 95.1 Å². The van der Waals surface area contributed by atoms with Crippen LogP contribution >= 0.6 is 0 Å². The van der Waals surface area contributed by atoms with Gasteiger partial charge in [-0.3, -0.25) is 4.79 Å². The summed E-state index contributed by atoms with van der Waals surface area (Å²) >= 11 is 0. The van der Waals surface area contributed by atoms with Crippen LogP contribution in [-0.4, -0.2) is 32.6 Å². The van der Waals surface area contributed by atoms with Crippen LogP contribution in [-0.2, 0) is 16.4 Å². The molecule has 3 aromatic carbocycles. The Morgan fingerprint density at radius 2 is 1.64 bits per heavy atom. The number of amides is 1. The lowest BCUT2D eigenvalue weighted by atomic mass is 10.1. The number of aryl methyl sites for hydroxylation is 1. The van der Waals surface area contributed by atoms with Crippen molar-refractivity contribution in [3.63, 3.8) is 0 Å². The summed E-state index contributed by atoms with van der Waals surface area (Å²) in [5.41, 5.74) is 2.68. The number of nitrogens with one attached hydrogen (secondary N) is 2. The van der Waals surface area contributed by atoms with E-state index in [1.165, 1.54) is 7.11 Å². The maximum atomic E-state index is 13.0. The van der Waals surface area contributed by atoms with Crippen LogP contribution in [0.3, 0.4) is 0 Å². The predicted molar refractivity (Wildman–Crippen MR) is 125 cm³/mol. The van der Waals surface area contributed by atoms with Crippen LogP contribution in [0.1, 0.15) is 46.1 Å². The second-order valence-electron chi connectivity index (χ2n) is 7.90. The van der Waals surface area contributed by atoms with E-state index in [2.05, 4.69) is 10.0 Å². The van der Waals surface area contributed by atoms with Gasteiger partial charge in [-0.05, 0) is 53.4 Å². The van der Waals surface area contributed by atoms with Crippen molar-refractivity contribution < 1.29 is 23.1 Å². The van der Waals surface area contributed by atoms with Gasteiger partial charge in [-0.25, -0.2) is 13.1 Å². The first-order valence-electron chi connectivity index (χ1n) is 10.7. The summed E-state index contributed by atoms with van der Waals surface area (Å²) in [6.45, 7) is 1.99. The molecule has 0 fully saturated rings. The Kier molecular flexibility index (Phi) is 6.51. The number of aliphatic hydroxyl groups excluding tert-OH is 1. The monoisotopic (exact) mass is 466 g/mol. The molecule has 1 aliphatic carbocycles. The summed E-state index contributed by atoms with van der Waals surface area (Å²) in [5, 5.41) is 13.9. The molecule has 0 saturated heterocycles. The van der Waals surface area contributed by atoms with Crippen LogP contribution in [0.2, 0.25) is 0 Å². The van der Waals surface area contributed by atoms with Gasteiger partial charge in [-0.1, -0.05) is 49.4 Å². The van der Waals surface area contributed by atoms with E-state index in [4.69, 9.17) is 4.74 Å². The number of rotatable bonds is 7. The van der Waals surface area contributed by atoms with E-state index in [-0.39, 0.29) is 4.90 Å². The molecular formula is C25H26N2O5S. The second-order valence-corrected chi connectivity index (χ2v) is 9.61. The van der Waals surface area contributed by atoms with E-state index in [9.17, 15) is 18.3 Å². The molecular weight excluding hydrogens is 440 g/mol. The number of ether oxygens (including phenoxy) is 1. The Balaban J connectivity index is 1.60. The first-order chi connectivity index (χ1) is 15.8. The van der Waals surface area contributed by atoms with Gasteiger partial charge in [0.05, 0.1) is 30.2 Å². The van der Waals surface area contributed by atoms with Crippen molar-refractivity contribution in [2.24, 2.45) is 0 Å². The first-order valence-corrected chi connectivity index (χ1v) is 12.2. The number of benzene rings is 3. The van der Waals surface area contributed by atoms with Gasteiger partial charge in [0.1, 0.15) is 5.75 Å². The van der Waals surface area contributed by atoms with Crippen LogP contribution in [0.4, 0.5) is 0 Å². The average molecular weight is 467 g/mol. The molecule has 3 N–H and O–H groups in total. The largest absolute Gasteiger partial charge is 0.497 e. The summed E-state index contributed by atoms with van der Waals surface area (Å²) in [6, 6.07) is 18.7. The Bertz CT molecular complexity index is 1260. The molecule has 0 aliphatic heterocycles. The quantitative estimate of drug-likeness (QED) is 0.496. The van der Waals surface area contributed by atoms with Crippen molar-refractivity contribution in [2.45, 2.75) is 36.4 Å². The third-order valence-corrected chi connectivity index (χ3v) is 7.35. The van der Waals surface area contributed by atoms with Crippen molar-refractivity contribution in [1.82, 2.24) is 10.0 Å². The van der Waals surface area contributed by atoms with Crippen molar-refractivity contribution in [2.75, 3.05) is 7.11 Å². The van der Waals surface area contributed by atoms with Gasteiger partial charge in [0.25, 0.3) is 5.91 Å². The van der Waals surface area contributed by atoms with Crippen molar-refractivity contribution >= 4 is 15.9 Å². The number of sulfonamides is 1. The van der Waals surface area contributed by atoms with Gasteiger partial charge >= 0.3 is 0 Å². The molecule has 1 amide bonds. The molecule has 0 saturated carbocycles. The van der Waals surface area contributed by atoms with E-state index in [0.717, 1.165) is 12.0 Å². The molecule has 0 heterocycles. The molecule has 8 heteroatoms. The fourth-order valence-corrected chi connectivity index (χ4v) is 5.29. The summed E-state index contributed by atoms with van der Waals surface area (Å²) in [4.78, 5) is 13.0. The Hall–Kier alpha value is -3.20. The molecule has 0 bridgehead atoms. The van der Waals surface area contributed by atoms with Crippen molar-refractivity contribution in [3.8, 4) is 5.75 Å². The first kappa shape index (κ1) is 23.0. The number of methoxy groups -OCH3 is 1. The highest BCUT2D eigenvalue weighted by Crippen LogP contribution is 2.40. The summed E-state index contributed by atoms with van der Waals surface area (Å²) in [5.74, 6) is 0.140. The van der Waals surface area contributed by atoms with Crippen LogP contribution in [0.15, 0.2) is 77.7 Å². The third-order valence-electron chi connectivity index (χ3n) is 5.89. The topological polar surface area (TPSA) is 105 Å². The zero-order valence-corrected chi connectivity index (χ0v) is 19.2. The Labute approximate surface area is 193 Å². The number of fused-ring (bicyclic) bond motifs is 1. The zero-order valence-electron chi connectivity index (χ0n) is 18.4. The van der Waals surface area contributed by atoms with Gasteiger partial charge < -0.3 is 15.2 Å². The van der Waals surface area contributed by atoms with Gasteiger partial charge in [0.15, 0.2) is 0 Å². The molecule has 1 unspecified atom stereocenters. The molecule has 0 radical (unpaired) electrons. The number of hydrogen-bond acceptors (Lipinski definition) is 5. The average Bonchev–Trinajstić information content (AvgIpc) is 3.09. The fourth-order valence-electron chi connectivity index (χ4n) is 4.06. The van der Waals surface area contributed by atoms with Crippen molar-refractivity contribution in [1.29, 1.82) is 0 Å². The number of hydrogen-bond donors (Lipinski definition) is 3. The molecule has 0 aromatic heterocycles. The maximum Gasteiger partial charge on any atom is 0.251 e. The van der Waals surface area contributed by atoms with Crippen LogP contribution in [0.25, 0.3) is 0 Å². The molecule has 3 atom stereocenters. The van der Waals surface area contributed by atoms with Crippen LogP contribution in [0.5, 0.6) is 5.75 Å². The highest BCUT2D eigenvalue weighted by molar-refractivity contribution is 7.89. The smallest absolute Gasteiger partial charge is 0.251 e. The highest BCUT2D eigenvalue weighted by Gasteiger charge is 2.42. The van der Waals surface area contributed by atoms with Crippen LogP contribution < -0.4 is 14.8 Å². The van der Waals surface area contributed by atoms with E-state index < -0.39 is 34.1 Å². The maximum absolute atomic E-state index is 13.0. The number of carbonyl (C=O) groups excluding carboxylic acids is 1. The van der Waals surface area contributed by atoms with E-state index in [1.54, 1.807) is 72.8 Å². The third kappa shape index (κ3) is 4.64. The normalized spacial score (nSPS) is 19.7. The second kappa shape index (κ2) is 9.35. The minimum absolute atomic E-state index is 0.119. The Morgan fingerprint density at radius 3 is 2.27 bits per heavy atom. The number of aliphatic hydroxyl groups is 1. The fraction of sp³-hybridized carbons (Fsp3) is 0.240. The molecule has 1 aliphatic rings. The molecule has 33 heavy (non-hydrogen) atoms. The minimum atomic E-state index is -3.90. The molecule has 0 spiro atoms. The zero-order chi connectivity index (χ0) is 23.6. The number of carbonyl (C=O) groups is 1. The van der Waals surface area contributed by atoms with Gasteiger partial charge in [0, 0.05) is 5.56 Å². The molecule has 4 rings (SSSR count). The van der Waals surface area contributed by atoms with E-state index in [0.29, 0.717) is 22.4 Å². The standard InChI is InChI=1S/C25H26N2O5S/c1-3-16-11-13-19(14-12-16)33(30,31)27-23-21-10-5-4-9-20(21)22(24(23)28)26-25(29)17-7-6-8-18(15-17)32-2/h4-15,22-24,27-28H,3H2,1-2H3,(H,26,29)/t22?,23-,24-/m0/s1. The lowest BCUT2D eigenvalue weighted by molar-refractivity contribution is 0.0804. The highest BCUT2D eigenvalue weighted by atomic mass is 32.2.